The Balaban J connectivity index is 3.23. The Hall–Kier alpha value is -0.510. The maximum atomic E-state index is 11.0. The van der Waals surface area contributed by atoms with Gasteiger partial charge in [0.1, 0.15) is 10.3 Å². The summed E-state index contributed by atoms with van der Waals surface area (Å²) in [6.45, 7) is 0. The first-order valence-electron chi connectivity index (χ1n) is 3.16. The number of hydrogen-bond donors (Lipinski definition) is 0. The molecule has 13 heavy (non-hydrogen) atoms. The topological polar surface area (TPSA) is 39.2 Å². The number of hydrogen-bond acceptors (Lipinski definition) is 3. The van der Waals surface area contributed by atoms with Crippen molar-refractivity contribution in [1.82, 2.24) is 4.98 Å². The van der Waals surface area contributed by atoms with Gasteiger partial charge in [0.25, 0.3) is 0 Å². The first-order valence-corrected chi connectivity index (χ1v) is 4.29. The van der Waals surface area contributed by atoms with E-state index in [2.05, 4.69) is 9.72 Å². The summed E-state index contributed by atoms with van der Waals surface area (Å²) in [5.74, 6) is -0.601. The zero-order valence-corrected chi connectivity index (χ0v) is 8.74. The smallest absolute Gasteiger partial charge is 0.341 e. The third kappa shape index (κ3) is 2.24. The van der Waals surface area contributed by atoms with Gasteiger partial charge < -0.3 is 4.74 Å². The standard InChI is InChI=1S/C7H4Cl3NO2/c1-13-7(12)3-2-4(8)6(10)11-5(3)9/h2H,1H3. The van der Waals surface area contributed by atoms with Crippen molar-refractivity contribution < 1.29 is 9.53 Å². The lowest BCUT2D eigenvalue weighted by atomic mass is 10.3. The number of carbonyl (C=O) groups excluding carboxylic acids is 1. The number of halogens is 3. The molecule has 70 valence electrons. The lowest BCUT2D eigenvalue weighted by Gasteiger charge is -2.02. The van der Waals surface area contributed by atoms with Crippen molar-refractivity contribution in [3.63, 3.8) is 0 Å². The molecule has 0 radical (unpaired) electrons. The van der Waals surface area contributed by atoms with E-state index in [-0.39, 0.29) is 20.9 Å². The molecule has 6 heteroatoms. The molecule has 0 aliphatic rings. The molecule has 3 nitrogen and oxygen atoms in total. The molecule has 0 saturated carbocycles. The third-order valence-corrected chi connectivity index (χ3v) is 2.25. The largest absolute Gasteiger partial charge is 0.465 e. The summed E-state index contributed by atoms with van der Waals surface area (Å²) in [6.07, 6.45) is 0. The zero-order valence-electron chi connectivity index (χ0n) is 6.47. The Kier molecular flexibility index (Phi) is 3.36. The van der Waals surface area contributed by atoms with Crippen LogP contribution in [0.4, 0.5) is 0 Å². The second kappa shape index (κ2) is 4.13. The van der Waals surface area contributed by atoms with E-state index in [0.717, 1.165) is 0 Å². The Bertz CT molecular complexity index is 354. The van der Waals surface area contributed by atoms with Gasteiger partial charge in [-0.3, -0.25) is 0 Å². The van der Waals surface area contributed by atoms with Crippen molar-refractivity contribution in [1.29, 1.82) is 0 Å². The van der Waals surface area contributed by atoms with Gasteiger partial charge in [-0.15, -0.1) is 0 Å². The monoisotopic (exact) mass is 239 g/mol. The summed E-state index contributed by atoms with van der Waals surface area (Å²) < 4.78 is 4.45. The summed E-state index contributed by atoms with van der Waals surface area (Å²) in [4.78, 5) is 14.7. The summed E-state index contributed by atoms with van der Waals surface area (Å²) in [7, 11) is 1.24. The quantitative estimate of drug-likeness (QED) is 0.560. The average molecular weight is 240 g/mol. The van der Waals surface area contributed by atoms with E-state index >= 15 is 0 Å². The molecule has 1 aromatic heterocycles. The highest BCUT2D eigenvalue weighted by Crippen LogP contribution is 2.25. The SMILES string of the molecule is COC(=O)c1cc(Cl)c(Cl)nc1Cl. The number of nitrogens with zero attached hydrogens (tertiary/aromatic N) is 1. The van der Waals surface area contributed by atoms with Crippen molar-refractivity contribution >= 4 is 40.8 Å². The van der Waals surface area contributed by atoms with E-state index in [1.54, 1.807) is 0 Å². The Morgan fingerprint density at radius 2 is 2.00 bits per heavy atom. The van der Waals surface area contributed by atoms with Crippen LogP contribution in [0.25, 0.3) is 0 Å². The van der Waals surface area contributed by atoms with E-state index < -0.39 is 5.97 Å². The zero-order chi connectivity index (χ0) is 10.0. The summed E-state index contributed by atoms with van der Waals surface area (Å²) >= 11 is 16.8. The molecule has 0 aliphatic heterocycles. The molecule has 0 amide bonds. The normalized spacial score (nSPS) is 9.85. The molecule has 0 spiro atoms. The molecule has 0 aliphatic carbocycles. The van der Waals surface area contributed by atoms with Crippen molar-refractivity contribution in [3.8, 4) is 0 Å². The van der Waals surface area contributed by atoms with Gasteiger partial charge in [-0.2, -0.15) is 0 Å². The fourth-order valence-corrected chi connectivity index (χ4v) is 1.25. The van der Waals surface area contributed by atoms with Gasteiger partial charge in [0.05, 0.1) is 17.7 Å². The average Bonchev–Trinajstić information content (AvgIpc) is 2.10. The van der Waals surface area contributed by atoms with Gasteiger partial charge >= 0.3 is 5.97 Å². The van der Waals surface area contributed by atoms with Crippen molar-refractivity contribution in [2.75, 3.05) is 7.11 Å². The molecule has 1 aromatic rings. The lowest BCUT2D eigenvalue weighted by molar-refractivity contribution is 0.0600. The van der Waals surface area contributed by atoms with Crippen molar-refractivity contribution in [2.24, 2.45) is 0 Å². The molecule has 1 rings (SSSR count). The minimum atomic E-state index is -0.601. The van der Waals surface area contributed by atoms with E-state index in [1.165, 1.54) is 13.2 Å². The Morgan fingerprint density at radius 3 is 2.54 bits per heavy atom. The van der Waals surface area contributed by atoms with Gasteiger partial charge in [0.2, 0.25) is 0 Å². The highest BCUT2D eigenvalue weighted by molar-refractivity contribution is 6.42. The van der Waals surface area contributed by atoms with Crippen LogP contribution < -0.4 is 0 Å². The molecule has 1 heterocycles. The van der Waals surface area contributed by atoms with E-state index in [1.807, 2.05) is 0 Å². The van der Waals surface area contributed by atoms with E-state index in [9.17, 15) is 4.79 Å². The molecule has 0 bridgehead atoms. The fourth-order valence-electron chi connectivity index (χ4n) is 0.699. The van der Waals surface area contributed by atoms with E-state index in [0.29, 0.717) is 0 Å². The van der Waals surface area contributed by atoms with Gasteiger partial charge in [-0.25, -0.2) is 9.78 Å². The van der Waals surface area contributed by atoms with Crippen LogP contribution in [0, 0.1) is 0 Å². The maximum absolute atomic E-state index is 11.0. The fraction of sp³-hybridized carbons (Fsp3) is 0.143. The van der Waals surface area contributed by atoms with Crippen molar-refractivity contribution in [3.05, 3.63) is 27.0 Å². The van der Waals surface area contributed by atoms with Crippen LogP contribution in [0.2, 0.25) is 15.3 Å². The highest BCUT2D eigenvalue weighted by Gasteiger charge is 2.14. The van der Waals surface area contributed by atoms with Crippen LogP contribution in [0.3, 0.4) is 0 Å². The van der Waals surface area contributed by atoms with Gasteiger partial charge in [-0.05, 0) is 6.07 Å². The molecule has 0 aromatic carbocycles. The number of ether oxygens (including phenoxy) is 1. The highest BCUT2D eigenvalue weighted by atomic mass is 35.5. The number of pyridine rings is 1. The van der Waals surface area contributed by atoms with Gasteiger partial charge in [0.15, 0.2) is 0 Å². The number of carbonyl (C=O) groups is 1. The van der Waals surface area contributed by atoms with Crippen LogP contribution >= 0.6 is 34.8 Å². The molecular weight excluding hydrogens is 236 g/mol. The first-order chi connectivity index (χ1) is 6.06. The predicted molar refractivity (Wildman–Crippen MR) is 50.6 cm³/mol. The molecule has 0 saturated heterocycles. The maximum Gasteiger partial charge on any atom is 0.341 e. The third-order valence-electron chi connectivity index (χ3n) is 1.29. The second-order valence-electron chi connectivity index (χ2n) is 2.09. The number of aromatic nitrogens is 1. The van der Waals surface area contributed by atoms with Crippen LogP contribution in [-0.4, -0.2) is 18.1 Å². The Labute approximate surface area is 89.6 Å². The minimum absolute atomic E-state index is 0.0266. The summed E-state index contributed by atoms with van der Waals surface area (Å²) in [5, 5.41) is 0.187. The van der Waals surface area contributed by atoms with Gasteiger partial charge in [-0.1, -0.05) is 34.8 Å². The minimum Gasteiger partial charge on any atom is -0.465 e. The van der Waals surface area contributed by atoms with Crippen LogP contribution in [-0.2, 0) is 4.74 Å². The van der Waals surface area contributed by atoms with Crippen molar-refractivity contribution in [2.45, 2.75) is 0 Å². The van der Waals surface area contributed by atoms with Crippen LogP contribution in [0.5, 0.6) is 0 Å². The lowest BCUT2D eigenvalue weighted by Crippen LogP contribution is -2.03. The predicted octanol–water partition coefficient (Wildman–Crippen LogP) is 2.83. The molecule has 0 atom stereocenters. The molecule has 0 fully saturated rings. The second-order valence-corrected chi connectivity index (χ2v) is 3.21. The molecular formula is C7H4Cl3NO2. The van der Waals surface area contributed by atoms with Gasteiger partial charge in [0, 0.05) is 0 Å². The van der Waals surface area contributed by atoms with Crippen LogP contribution in [0.1, 0.15) is 10.4 Å². The molecule has 0 N–H and O–H groups in total. The summed E-state index contributed by atoms with van der Waals surface area (Å²) in [6, 6.07) is 1.31. The summed E-state index contributed by atoms with van der Waals surface area (Å²) in [5.41, 5.74) is 0.0959. The number of methoxy groups -OCH3 is 1. The van der Waals surface area contributed by atoms with E-state index in [4.69, 9.17) is 34.8 Å². The number of rotatable bonds is 1. The molecule has 0 unspecified atom stereocenters. The van der Waals surface area contributed by atoms with Crippen LogP contribution in [0.15, 0.2) is 6.07 Å². The first kappa shape index (κ1) is 10.6. The number of esters is 1. The Morgan fingerprint density at radius 1 is 1.38 bits per heavy atom.